The fourth-order valence-corrected chi connectivity index (χ4v) is 1.54. The van der Waals surface area contributed by atoms with Gasteiger partial charge in [0.1, 0.15) is 6.61 Å². The highest BCUT2D eigenvalue weighted by molar-refractivity contribution is 6.29. The Kier molecular flexibility index (Phi) is 5.32. The molecule has 0 aliphatic heterocycles. The molecule has 0 saturated heterocycles. The van der Waals surface area contributed by atoms with E-state index >= 15 is 0 Å². The highest BCUT2D eigenvalue weighted by Gasteiger charge is 2.07. The van der Waals surface area contributed by atoms with Crippen LogP contribution in [0.1, 0.15) is 12.5 Å². The maximum atomic E-state index is 5.76. The Hall–Kier alpha value is -1.19. The zero-order valence-corrected chi connectivity index (χ0v) is 11.0. The maximum absolute atomic E-state index is 5.76. The van der Waals surface area contributed by atoms with Gasteiger partial charge in [-0.2, -0.15) is 0 Å². The third-order valence-electron chi connectivity index (χ3n) is 2.17. The van der Waals surface area contributed by atoms with Crippen LogP contribution in [0, 0.1) is 0 Å². The first-order valence-electron chi connectivity index (χ1n) is 5.41. The quantitative estimate of drug-likeness (QED) is 0.850. The van der Waals surface area contributed by atoms with Crippen LogP contribution in [0.5, 0.6) is 11.5 Å². The van der Waals surface area contributed by atoms with Crippen molar-refractivity contribution in [2.45, 2.75) is 19.4 Å². The molecule has 94 valence electrons. The fourth-order valence-electron chi connectivity index (χ4n) is 1.49. The molecule has 0 heterocycles. The molecular weight excluding hydrogens is 238 g/mol. The first-order chi connectivity index (χ1) is 8.02. The minimum absolute atomic E-state index is 0.110. The highest BCUT2D eigenvalue weighted by Crippen LogP contribution is 2.28. The van der Waals surface area contributed by atoms with Crippen LogP contribution < -0.4 is 15.2 Å². The summed E-state index contributed by atoms with van der Waals surface area (Å²) in [6.07, 6.45) is 0.794. The van der Waals surface area contributed by atoms with Crippen LogP contribution in [0.4, 0.5) is 0 Å². The van der Waals surface area contributed by atoms with Crippen molar-refractivity contribution in [3.05, 3.63) is 35.4 Å². The van der Waals surface area contributed by atoms with Gasteiger partial charge in [0.2, 0.25) is 0 Å². The van der Waals surface area contributed by atoms with Gasteiger partial charge in [-0.15, -0.1) is 0 Å². The van der Waals surface area contributed by atoms with Gasteiger partial charge in [0.05, 0.1) is 7.11 Å². The lowest BCUT2D eigenvalue weighted by atomic mass is 10.1. The number of hydrogen-bond donors (Lipinski definition) is 1. The second-order valence-electron chi connectivity index (χ2n) is 3.97. The summed E-state index contributed by atoms with van der Waals surface area (Å²) in [4.78, 5) is 0. The van der Waals surface area contributed by atoms with Crippen molar-refractivity contribution in [1.29, 1.82) is 0 Å². The van der Waals surface area contributed by atoms with Crippen LogP contribution in [0.15, 0.2) is 29.8 Å². The van der Waals surface area contributed by atoms with Crippen molar-refractivity contribution in [3.63, 3.8) is 0 Å². The van der Waals surface area contributed by atoms with E-state index < -0.39 is 0 Å². The smallest absolute Gasteiger partial charge is 0.161 e. The zero-order chi connectivity index (χ0) is 12.8. The lowest BCUT2D eigenvalue weighted by molar-refractivity contribution is 0.323. The minimum atomic E-state index is 0.110. The monoisotopic (exact) mass is 255 g/mol. The lowest BCUT2D eigenvalue weighted by Crippen LogP contribution is -2.17. The second-order valence-corrected chi connectivity index (χ2v) is 4.51. The summed E-state index contributed by atoms with van der Waals surface area (Å²) in [6, 6.07) is 5.87. The van der Waals surface area contributed by atoms with Gasteiger partial charge in [0, 0.05) is 11.1 Å². The predicted molar refractivity (Wildman–Crippen MR) is 70.8 cm³/mol. The molecule has 1 aromatic rings. The molecule has 0 aliphatic carbocycles. The van der Waals surface area contributed by atoms with E-state index in [2.05, 4.69) is 6.58 Å². The molecule has 0 saturated carbocycles. The van der Waals surface area contributed by atoms with Gasteiger partial charge < -0.3 is 15.2 Å². The first kappa shape index (κ1) is 13.9. The predicted octanol–water partition coefficient (Wildman–Crippen LogP) is 2.72. The number of rotatable bonds is 6. The van der Waals surface area contributed by atoms with E-state index in [1.807, 2.05) is 25.1 Å². The molecule has 3 nitrogen and oxygen atoms in total. The van der Waals surface area contributed by atoms with E-state index in [0.717, 1.165) is 12.0 Å². The van der Waals surface area contributed by atoms with Gasteiger partial charge in [-0.05, 0) is 31.0 Å². The first-order valence-corrected chi connectivity index (χ1v) is 5.79. The molecule has 0 fully saturated rings. The number of methoxy groups -OCH3 is 1. The fraction of sp³-hybridized carbons (Fsp3) is 0.385. The Labute approximate surface area is 107 Å². The summed E-state index contributed by atoms with van der Waals surface area (Å²) in [5.74, 6) is 1.34. The van der Waals surface area contributed by atoms with Crippen molar-refractivity contribution < 1.29 is 9.47 Å². The van der Waals surface area contributed by atoms with Gasteiger partial charge in [-0.25, -0.2) is 0 Å². The highest BCUT2D eigenvalue weighted by atomic mass is 35.5. The molecule has 1 aromatic carbocycles. The van der Waals surface area contributed by atoms with E-state index in [1.165, 1.54) is 0 Å². The Morgan fingerprint density at radius 1 is 1.47 bits per heavy atom. The molecule has 1 rings (SSSR count). The Balaban J connectivity index is 2.85. The third kappa shape index (κ3) is 4.67. The minimum Gasteiger partial charge on any atom is -0.493 e. The third-order valence-corrected chi connectivity index (χ3v) is 2.28. The van der Waals surface area contributed by atoms with Gasteiger partial charge in [-0.3, -0.25) is 0 Å². The number of hydrogen-bond acceptors (Lipinski definition) is 3. The zero-order valence-electron chi connectivity index (χ0n) is 10.2. The molecular formula is C13H18ClNO2. The standard InChI is InChI=1S/C13H18ClNO2/c1-9(14)8-17-13-7-11(6-10(2)15)4-5-12(13)16-3/h4-5,7,10H,1,6,8,15H2,2-3H3. The second kappa shape index (κ2) is 6.52. The van der Waals surface area contributed by atoms with E-state index in [0.29, 0.717) is 16.5 Å². The Bertz CT molecular complexity index is 391. The van der Waals surface area contributed by atoms with E-state index in [4.69, 9.17) is 26.8 Å². The molecule has 0 spiro atoms. The van der Waals surface area contributed by atoms with Gasteiger partial charge in [0.15, 0.2) is 11.5 Å². The van der Waals surface area contributed by atoms with Gasteiger partial charge in [0.25, 0.3) is 0 Å². The topological polar surface area (TPSA) is 44.5 Å². The van der Waals surface area contributed by atoms with Crippen LogP contribution in [0.2, 0.25) is 0 Å². The molecule has 1 unspecified atom stereocenters. The largest absolute Gasteiger partial charge is 0.493 e. The Morgan fingerprint density at radius 3 is 2.71 bits per heavy atom. The van der Waals surface area contributed by atoms with E-state index in [1.54, 1.807) is 7.11 Å². The number of benzene rings is 1. The number of nitrogens with two attached hydrogens (primary N) is 1. The molecule has 1 atom stereocenters. The molecule has 17 heavy (non-hydrogen) atoms. The van der Waals surface area contributed by atoms with Crippen LogP contribution >= 0.6 is 11.6 Å². The molecule has 0 amide bonds. The SMILES string of the molecule is C=C(Cl)COc1cc(CC(C)N)ccc1OC. The van der Waals surface area contributed by atoms with E-state index in [-0.39, 0.29) is 12.6 Å². The van der Waals surface area contributed by atoms with E-state index in [9.17, 15) is 0 Å². The number of halogens is 1. The van der Waals surface area contributed by atoms with Crippen molar-refractivity contribution in [2.75, 3.05) is 13.7 Å². The maximum Gasteiger partial charge on any atom is 0.161 e. The average molecular weight is 256 g/mol. The summed E-state index contributed by atoms with van der Waals surface area (Å²) >= 11 is 5.67. The molecule has 4 heteroatoms. The number of ether oxygens (including phenoxy) is 2. The van der Waals surface area contributed by atoms with Crippen molar-refractivity contribution in [3.8, 4) is 11.5 Å². The van der Waals surface area contributed by atoms with Gasteiger partial charge >= 0.3 is 0 Å². The van der Waals surface area contributed by atoms with Crippen LogP contribution in [0.25, 0.3) is 0 Å². The summed E-state index contributed by atoms with van der Waals surface area (Å²) in [6.45, 7) is 5.80. The average Bonchev–Trinajstić information content (AvgIpc) is 2.25. The van der Waals surface area contributed by atoms with Crippen LogP contribution in [-0.2, 0) is 6.42 Å². The van der Waals surface area contributed by atoms with Crippen molar-refractivity contribution in [2.24, 2.45) is 5.73 Å². The molecule has 2 N–H and O–H groups in total. The summed E-state index contributed by atoms with van der Waals surface area (Å²) in [7, 11) is 1.60. The Morgan fingerprint density at radius 2 is 2.18 bits per heavy atom. The van der Waals surface area contributed by atoms with Crippen LogP contribution in [-0.4, -0.2) is 19.8 Å². The molecule has 0 aliphatic rings. The summed E-state index contributed by atoms with van der Waals surface area (Å²) < 4.78 is 10.7. The summed E-state index contributed by atoms with van der Waals surface area (Å²) in [5.41, 5.74) is 6.87. The van der Waals surface area contributed by atoms with Crippen molar-refractivity contribution in [1.82, 2.24) is 0 Å². The molecule has 0 radical (unpaired) electrons. The lowest BCUT2D eigenvalue weighted by Gasteiger charge is -2.12. The van der Waals surface area contributed by atoms with Crippen molar-refractivity contribution >= 4 is 11.6 Å². The molecule has 0 bridgehead atoms. The van der Waals surface area contributed by atoms with Gasteiger partial charge in [-0.1, -0.05) is 24.2 Å². The molecule has 0 aromatic heterocycles. The normalized spacial score (nSPS) is 12.0. The van der Waals surface area contributed by atoms with Crippen LogP contribution in [0.3, 0.4) is 0 Å². The summed E-state index contributed by atoms with van der Waals surface area (Å²) in [5, 5.41) is 0.449.